The van der Waals surface area contributed by atoms with Crippen LogP contribution < -0.4 is 0 Å². The van der Waals surface area contributed by atoms with E-state index in [4.69, 9.17) is 23.2 Å². The Morgan fingerprint density at radius 2 is 1.82 bits per heavy atom. The molecule has 5 heteroatoms. The molecular formula is C23H21Cl2NO2. The fourth-order valence-electron chi connectivity index (χ4n) is 4.26. The number of carboxylic acid groups (broad SMARTS) is 1. The summed E-state index contributed by atoms with van der Waals surface area (Å²) in [5.41, 5.74) is 5.81. The lowest BCUT2D eigenvalue weighted by atomic mass is 9.86. The van der Waals surface area contributed by atoms with Crippen molar-refractivity contribution in [3.8, 4) is 22.3 Å². The van der Waals surface area contributed by atoms with Gasteiger partial charge in [-0.2, -0.15) is 0 Å². The Balaban J connectivity index is 2.09. The third kappa shape index (κ3) is 3.34. The number of nitrogens with zero attached hydrogens (tertiary/aromatic N) is 1. The zero-order valence-electron chi connectivity index (χ0n) is 15.8. The third-order valence-electron chi connectivity index (χ3n) is 5.29. The summed E-state index contributed by atoms with van der Waals surface area (Å²) >= 11 is 12.8. The van der Waals surface area contributed by atoms with Gasteiger partial charge in [0.05, 0.1) is 6.42 Å². The molecule has 0 unspecified atom stereocenters. The van der Waals surface area contributed by atoms with Gasteiger partial charge in [0.25, 0.3) is 0 Å². The normalized spacial score (nSPS) is 14.9. The highest BCUT2D eigenvalue weighted by atomic mass is 35.5. The number of rotatable bonds is 4. The molecule has 0 spiro atoms. The molecule has 2 heterocycles. The first-order chi connectivity index (χ1) is 13.3. The molecule has 3 aromatic rings. The van der Waals surface area contributed by atoms with E-state index in [1.165, 1.54) is 5.69 Å². The van der Waals surface area contributed by atoms with Crippen LogP contribution in [0.1, 0.15) is 25.2 Å². The van der Waals surface area contributed by atoms with Gasteiger partial charge >= 0.3 is 5.97 Å². The highest BCUT2D eigenvalue weighted by molar-refractivity contribution is 6.35. The molecule has 0 saturated carbocycles. The average molecular weight is 414 g/mol. The van der Waals surface area contributed by atoms with Gasteiger partial charge in [-0.25, -0.2) is 0 Å². The molecule has 144 valence electrons. The van der Waals surface area contributed by atoms with Gasteiger partial charge in [0.15, 0.2) is 0 Å². The van der Waals surface area contributed by atoms with Gasteiger partial charge in [0.2, 0.25) is 0 Å². The third-order valence-corrected chi connectivity index (χ3v) is 5.85. The van der Waals surface area contributed by atoms with E-state index >= 15 is 0 Å². The van der Waals surface area contributed by atoms with E-state index < -0.39 is 5.97 Å². The molecule has 0 aliphatic carbocycles. The summed E-state index contributed by atoms with van der Waals surface area (Å²) in [4.78, 5) is 11.7. The SMILES string of the molecule is CC1(C)Cc2c(-c3ccccc3)c(-c3cc(Cl)ccc3Cl)c(CC(=O)O)n2C1. The molecule has 1 aromatic heterocycles. The maximum atomic E-state index is 11.7. The Labute approximate surface area is 174 Å². The van der Waals surface area contributed by atoms with E-state index in [1.54, 1.807) is 12.1 Å². The van der Waals surface area contributed by atoms with Gasteiger partial charge in [0.1, 0.15) is 0 Å². The summed E-state index contributed by atoms with van der Waals surface area (Å²) < 4.78 is 2.18. The minimum Gasteiger partial charge on any atom is -0.481 e. The smallest absolute Gasteiger partial charge is 0.309 e. The minimum atomic E-state index is -0.857. The first kappa shape index (κ1) is 19.1. The second-order valence-electron chi connectivity index (χ2n) is 8.13. The number of carbonyl (C=O) groups is 1. The summed E-state index contributed by atoms with van der Waals surface area (Å²) in [6.07, 6.45) is 0.816. The van der Waals surface area contributed by atoms with Crippen molar-refractivity contribution in [3.63, 3.8) is 0 Å². The van der Waals surface area contributed by atoms with Crippen LogP contribution in [0.25, 0.3) is 22.3 Å². The number of benzene rings is 2. The van der Waals surface area contributed by atoms with E-state index in [2.05, 4.69) is 30.5 Å². The average Bonchev–Trinajstić information content (AvgIpc) is 3.08. The van der Waals surface area contributed by atoms with Crippen molar-refractivity contribution < 1.29 is 9.90 Å². The fraction of sp³-hybridized carbons (Fsp3) is 0.261. The van der Waals surface area contributed by atoms with Gasteiger partial charge in [-0.1, -0.05) is 67.4 Å². The molecule has 0 atom stereocenters. The number of hydrogen-bond donors (Lipinski definition) is 1. The molecule has 3 nitrogen and oxygen atoms in total. The van der Waals surface area contributed by atoms with Gasteiger partial charge in [-0.05, 0) is 35.6 Å². The van der Waals surface area contributed by atoms with Crippen LogP contribution in [0.4, 0.5) is 0 Å². The van der Waals surface area contributed by atoms with Gasteiger partial charge in [0, 0.05) is 44.7 Å². The Morgan fingerprint density at radius 1 is 1.11 bits per heavy atom. The van der Waals surface area contributed by atoms with Crippen molar-refractivity contribution >= 4 is 29.2 Å². The monoisotopic (exact) mass is 413 g/mol. The zero-order chi connectivity index (χ0) is 20.1. The maximum Gasteiger partial charge on any atom is 0.309 e. The van der Waals surface area contributed by atoms with Crippen LogP contribution in [0.5, 0.6) is 0 Å². The maximum absolute atomic E-state index is 11.7. The summed E-state index contributed by atoms with van der Waals surface area (Å²) in [5.74, 6) is -0.857. The number of halogens is 2. The van der Waals surface area contributed by atoms with Crippen molar-refractivity contribution in [1.82, 2.24) is 4.57 Å². The highest BCUT2D eigenvalue weighted by Gasteiger charge is 2.36. The van der Waals surface area contributed by atoms with Crippen molar-refractivity contribution in [2.24, 2.45) is 5.41 Å². The summed E-state index contributed by atoms with van der Waals surface area (Å²) in [5, 5.41) is 10.8. The van der Waals surface area contributed by atoms with E-state index in [-0.39, 0.29) is 11.8 Å². The highest BCUT2D eigenvalue weighted by Crippen LogP contribution is 2.48. The van der Waals surface area contributed by atoms with Crippen LogP contribution in [-0.2, 0) is 24.2 Å². The standard InChI is InChI=1S/C23H21Cl2NO2/c1-23(2)12-19-21(14-6-4-3-5-7-14)22(16-10-15(24)8-9-17(16)25)18(11-20(27)28)26(19)13-23/h3-10H,11-13H2,1-2H3,(H,27,28). The molecule has 0 amide bonds. The number of fused-ring (bicyclic) bond motifs is 1. The van der Waals surface area contributed by atoms with Crippen LogP contribution >= 0.6 is 23.2 Å². The topological polar surface area (TPSA) is 42.2 Å². The van der Waals surface area contributed by atoms with Crippen LogP contribution in [-0.4, -0.2) is 15.6 Å². The van der Waals surface area contributed by atoms with Gasteiger partial charge < -0.3 is 9.67 Å². The second-order valence-corrected chi connectivity index (χ2v) is 8.97. The molecule has 0 fully saturated rings. The molecule has 1 N–H and O–H groups in total. The Morgan fingerprint density at radius 3 is 2.50 bits per heavy atom. The predicted molar refractivity (Wildman–Crippen MR) is 114 cm³/mol. The molecule has 2 aromatic carbocycles. The Hall–Kier alpha value is -2.23. The summed E-state index contributed by atoms with van der Waals surface area (Å²) in [7, 11) is 0. The minimum absolute atomic E-state index is 0.0614. The molecular weight excluding hydrogens is 393 g/mol. The van der Waals surface area contributed by atoms with E-state index in [1.807, 2.05) is 24.3 Å². The van der Waals surface area contributed by atoms with E-state index in [9.17, 15) is 9.90 Å². The van der Waals surface area contributed by atoms with Crippen molar-refractivity contribution in [1.29, 1.82) is 0 Å². The van der Waals surface area contributed by atoms with E-state index in [0.717, 1.165) is 40.9 Å². The predicted octanol–water partition coefficient (Wildman–Crippen LogP) is 6.34. The Bertz CT molecular complexity index is 1070. The number of carboxylic acids is 1. The lowest BCUT2D eigenvalue weighted by molar-refractivity contribution is -0.136. The summed E-state index contributed by atoms with van der Waals surface area (Å²) in [6, 6.07) is 15.5. The largest absolute Gasteiger partial charge is 0.481 e. The molecule has 28 heavy (non-hydrogen) atoms. The Kier molecular flexibility index (Phi) is 4.76. The first-order valence-electron chi connectivity index (χ1n) is 9.24. The molecule has 1 aliphatic rings. The van der Waals surface area contributed by atoms with Crippen molar-refractivity contribution in [2.45, 2.75) is 33.2 Å². The number of hydrogen-bond acceptors (Lipinski definition) is 1. The number of aliphatic carboxylic acids is 1. The molecule has 0 radical (unpaired) electrons. The van der Waals surface area contributed by atoms with Gasteiger partial charge in [-0.15, -0.1) is 0 Å². The van der Waals surface area contributed by atoms with Crippen LogP contribution in [0.2, 0.25) is 10.0 Å². The van der Waals surface area contributed by atoms with Crippen molar-refractivity contribution in [2.75, 3.05) is 0 Å². The molecule has 1 aliphatic heterocycles. The lowest BCUT2D eigenvalue weighted by Gasteiger charge is -2.19. The lowest BCUT2D eigenvalue weighted by Crippen LogP contribution is -2.15. The van der Waals surface area contributed by atoms with Crippen molar-refractivity contribution in [3.05, 3.63) is 70.0 Å². The number of aromatic nitrogens is 1. The van der Waals surface area contributed by atoms with Crippen LogP contribution in [0, 0.1) is 5.41 Å². The quantitative estimate of drug-likeness (QED) is 0.542. The molecule has 0 bridgehead atoms. The zero-order valence-corrected chi connectivity index (χ0v) is 17.3. The fourth-order valence-corrected chi connectivity index (χ4v) is 4.64. The second kappa shape index (κ2) is 6.98. The van der Waals surface area contributed by atoms with Gasteiger partial charge in [-0.3, -0.25) is 4.79 Å². The van der Waals surface area contributed by atoms with Crippen LogP contribution in [0.3, 0.4) is 0 Å². The summed E-state index contributed by atoms with van der Waals surface area (Å²) in [6.45, 7) is 5.21. The molecule has 0 saturated heterocycles. The van der Waals surface area contributed by atoms with E-state index in [0.29, 0.717) is 10.0 Å². The first-order valence-corrected chi connectivity index (χ1v) is 9.99. The van der Waals surface area contributed by atoms with Crippen LogP contribution in [0.15, 0.2) is 48.5 Å². The molecule has 4 rings (SSSR count).